The molecule has 0 bridgehead atoms. The van der Waals surface area contributed by atoms with Crippen molar-refractivity contribution < 1.29 is 38.4 Å². The van der Waals surface area contributed by atoms with Gasteiger partial charge in [0.2, 0.25) is 5.91 Å². The summed E-state index contributed by atoms with van der Waals surface area (Å²) in [6, 6.07) is 14.5. The number of rotatable bonds is 13. The third-order valence-electron chi connectivity index (χ3n) is 8.73. The summed E-state index contributed by atoms with van der Waals surface area (Å²) in [5, 5.41) is 43.5. The third kappa shape index (κ3) is 8.97. The summed E-state index contributed by atoms with van der Waals surface area (Å²) in [5.41, 5.74) is 2.99. The van der Waals surface area contributed by atoms with Crippen molar-refractivity contribution in [3.8, 4) is 11.8 Å². The van der Waals surface area contributed by atoms with Crippen molar-refractivity contribution in [2.45, 2.75) is 100 Å². The average molecular weight is 662 g/mol. The zero-order valence-electron chi connectivity index (χ0n) is 26.8. The molecule has 9 nitrogen and oxygen atoms in total. The highest BCUT2D eigenvalue weighted by atomic mass is 32.2. The predicted octanol–water partition coefficient (Wildman–Crippen LogP) is 3.97. The lowest BCUT2D eigenvalue weighted by Gasteiger charge is -2.40. The molecule has 46 heavy (non-hydrogen) atoms. The Balaban J connectivity index is 1.27. The van der Waals surface area contributed by atoms with E-state index in [-0.39, 0.29) is 6.54 Å². The van der Waals surface area contributed by atoms with Gasteiger partial charge in [-0.1, -0.05) is 37.3 Å². The number of amides is 1. The van der Waals surface area contributed by atoms with Crippen molar-refractivity contribution in [3.63, 3.8) is 0 Å². The second-order valence-electron chi connectivity index (χ2n) is 12.8. The van der Waals surface area contributed by atoms with E-state index < -0.39 is 66.2 Å². The zero-order chi connectivity index (χ0) is 33.6. The number of hydrogen-bond donors (Lipinski definition) is 4. The first kappa shape index (κ1) is 36.1. The second-order valence-corrected chi connectivity index (χ2v) is 13.7. The standard InChI is InChI=1S/C34H45F2N3O6S/c1-5-22-9-10-23(31-29(42)28(41)30(43)32(45-31)46-4)16-24(22)15-21-7-11-26(12-8-21)44-14-6-13-33(2,3)38-19-27(40)39-20-34(35,36)17-25(39)18-37/h7-12,16,25,28-32,38,41-43H,5-6,13-15,17,19-20H2,1-4H3/t25-,28+,29+,30-,31-,32+/m0/s1. The van der Waals surface area contributed by atoms with E-state index in [9.17, 15) is 28.9 Å². The van der Waals surface area contributed by atoms with Crippen LogP contribution < -0.4 is 10.1 Å². The number of aliphatic hydroxyl groups excluding tert-OH is 3. The Hall–Kier alpha value is -2.79. The average Bonchev–Trinajstić information content (AvgIpc) is 3.36. The van der Waals surface area contributed by atoms with Crippen LogP contribution in [0.3, 0.4) is 0 Å². The number of carbonyl (C=O) groups excluding carboxylic acids is 1. The van der Waals surface area contributed by atoms with Gasteiger partial charge in [0.15, 0.2) is 0 Å². The molecule has 2 aliphatic heterocycles. The SMILES string of the molecule is CCc1ccc([C@@H]2O[C@H](SC)[C@@H](O)[C@H](O)[C@H]2O)cc1Cc1ccc(OCCCC(C)(C)NCC(=O)N2CC(F)(F)C[C@H]2C#N)cc1. The number of benzene rings is 2. The van der Waals surface area contributed by atoms with E-state index in [1.54, 1.807) is 12.3 Å². The molecule has 1 amide bonds. The fourth-order valence-electron chi connectivity index (χ4n) is 5.98. The van der Waals surface area contributed by atoms with Gasteiger partial charge in [-0.3, -0.25) is 4.79 Å². The van der Waals surface area contributed by atoms with Crippen molar-refractivity contribution in [2.24, 2.45) is 0 Å². The highest BCUT2D eigenvalue weighted by Crippen LogP contribution is 2.37. The zero-order valence-corrected chi connectivity index (χ0v) is 27.6. The Morgan fingerprint density at radius 3 is 2.52 bits per heavy atom. The van der Waals surface area contributed by atoms with Crippen LogP contribution in [-0.4, -0.2) is 93.3 Å². The minimum absolute atomic E-state index is 0.121. The van der Waals surface area contributed by atoms with Gasteiger partial charge in [-0.15, -0.1) is 11.8 Å². The second kappa shape index (κ2) is 15.4. The molecule has 0 saturated carbocycles. The van der Waals surface area contributed by atoms with E-state index in [2.05, 4.69) is 12.2 Å². The Kier molecular flexibility index (Phi) is 12.1. The fraction of sp³-hybridized carbons (Fsp3) is 0.588. The lowest BCUT2D eigenvalue weighted by Crippen LogP contribution is -2.52. The van der Waals surface area contributed by atoms with Crippen molar-refractivity contribution >= 4 is 17.7 Å². The number of nitrogens with zero attached hydrogens (tertiary/aromatic N) is 2. The lowest BCUT2D eigenvalue weighted by molar-refractivity contribution is -0.200. The molecule has 2 saturated heterocycles. The molecule has 2 aromatic rings. The number of likely N-dealkylation sites (tertiary alicyclic amines) is 1. The van der Waals surface area contributed by atoms with Crippen molar-refractivity contribution in [3.05, 3.63) is 64.7 Å². The van der Waals surface area contributed by atoms with Gasteiger partial charge in [0.1, 0.15) is 41.6 Å². The Morgan fingerprint density at radius 2 is 1.87 bits per heavy atom. The Morgan fingerprint density at radius 1 is 1.15 bits per heavy atom. The third-order valence-corrected chi connectivity index (χ3v) is 9.59. The first-order chi connectivity index (χ1) is 21.8. The largest absolute Gasteiger partial charge is 0.494 e. The lowest BCUT2D eigenvalue weighted by atomic mass is 9.90. The first-order valence-corrected chi connectivity index (χ1v) is 16.9. The van der Waals surface area contributed by atoms with Crippen LogP contribution >= 0.6 is 11.8 Å². The molecule has 12 heteroatoms. The molecule has 0 radical (unpaired) electrons. The molecule has 4 N–H and O–H groups in total. The number of aryl methyl sites for hydroxylation is 1. The number of thioether (sulfide) groups is 1. The van der Waals surface area contributed by atoms with Gasteiger partial charge in [-0.05, 0) is 80.2 Å². The summed E-state index contributed by atoms with van der Waals surface area (Å²) in [5.74, 6) is -2.82. The minimum Gasteiger partial charge on any atom is -0.494 e. The Bertz CT molecular complexity index is 1370. The molecule has 6 atom stereocenters. The summed E-state index contributed by atoms with van der Waals surface area (Å²) in [6.45, 7) is 5.56. The van der Waals surface area contributed by atoms with E-state index in [0.717, 1.165) is 39.3 Å². The van der Waals surface area contributed by atoms with Gasteiger partial charge in [0, 0.05) is 12.0 Å². The van der Waals surface area contributed by atoms with Crippen LogP contribution in [0.5, 0.6) is 5.75 Å². The number of alkyl halides is 2. The fourth-order valence-corrected chi connectivity index (χ4v) is 6.65. The molecule has 2 fully saturated rings. The van der Waals surface area contributed by atoms with Crippen LogP contribution in [0.2, 0.25) is 0 Å². The van der Waals surface area contributed by atoms with Crippen LogP contribution in [0.4, 0.5) is 8.78 Å². The Labute approximate surface area is 273 Å². The molecule has 2 aliphatic rings. The molecular formula is C34H45F2N3O6S. The maximum Gasteiger partial charge on any atom is 0.268 e. The number of aliphatic hydroxyl groups is 3. The van der Waals surface area contributed by atoms with Gasteiger partial charge in [-0.25, -0.2) is 8.78 Å². The van der Waals surface area contributed by atoms with Gasteiger partial charge >= 0.3 is 0 Å². The van der Waals surface area contributed by atoms with Gasteiger partial charge < -0.3 is 35.0 Å². The summed E-state index contributed by atoms with van der Waals surface area (Å²) in [4.78, 5) is 13.5. The monoisotopic (exact) mass is 661 g/mol. The molecule has 0 spiro atoms. The highest BCUT2D eigenvalue weighted by Gasteiger charge is 2.47. The summed E-state index contributed by atoms with van der Waals surface area (Å²) in [7, 11) is 0. The van der Waals surface area contributed by atoms with Crippen LogP contribution in [0.25, 0.3) is 0 Å². The topological polar surface area (TPSA) is 135 Å². The summed E-state index contributed by atoms with van der Waals surface area (Å²) >= 11 is 1.29. The maximum atomic E-state index is 13.7. The van der Waals surface area contributed by atoms with E-state index >= 15 is 0 Å². The maximum absolute atomic E-state index is 13.7. The van der Waals surface area contributed by atoms with Crippen LogP contribution in [0.1, 0.15) is 68.4 Å². The number of halogens is 2. The van der Waals surface area contributed by atoms with Crippen molar-refractivity contribution in [1.29, 1.82) is 5.26 Å². The number of nitrogens with one attached hydrogen (secondary N) is 1. The molecule has 0 aromatic heterocycles. The number of ether oxygens (including phenoxy) is 2. The number of carbonyl (C=O) groups is 1. The van der Waals surface area contributed by atoms with Gasteiger partial charge in [0.25, 0.3) is 5.92 Å². The minimum atomic E-state index is -3.03. The van der Waals surface area contributed by atoms with E-state index in [1.165, 1.54) is 11.8 Å². The molecule has 2 heterocycles. The molecule has 0 aliphatic carbocycles. The van der Waals surface area contributed by atoms with Gasteiger partial charge in [-0.2, -0.15) is 5.26 Å². The molecular weight excluding hydrogens is 616 g/mol. The van der Waals surface area contributed by atoms with Crippen LogP contribution in [-0.2, 0) is 22.4 Å². The van der Waals surface area contributed by atoms with E-state index in [1.807, 2.05) is 56.3 Å². The summed E-state index contributed by atoms with van der Waals surface area (Å²) in [6.07, 6.45) is -0.462. The van der Waals surface area contributed by atoms with Gasteiger partial charge in [0.05, 0.1) is 25.8 Å². The molecule has 2 aromatic carbocycles. The van der Waals surface area contributed by atoms with Crippen LogP contribution in [0, 0.1) is 11.3 Å². The van der Waals surface area contributed by atoms with Crippen molar-refractivity contribution in [2.75, 3.05) is 26.0 Å². The van der Waals surface area contributed by atoms with E-state index in [0.29, 0.717) is 25.9 Å². The molecule has 252 valence electrons. The predicted molar refractivity (Wildman–Crippen MR) is 172 cm³/mol. The van der Waals surface area contributed by atoms with Crippen LogP contribution in [0.15, 0.2) is 42.5 Å². The first-order valence-electron chi connectivity index (χ1n) is 15.7. The quantitative estimate of drug-likeness (QED) is 0.235. The summed E-state index contributed by atoms with van der Waals surface area (Å²) < 4.78 is 39.3. The molecule has 0 unspecified atom stereocenters. The number of hydrogen-bond acceptors (Lipinski definition) is 9. The smallest absolute Gasteiger partial charge is 0.268 e. The highest BCUT2D eigenvalue weighted by molar-refractivity contribution is 7.99. The van der Waals surface area contributed by atoms with E-state index in [4.69, 9.17) is 14.7 Å². The normalized spacial score (nSPS) is 26.1. The van der Waals surface area contributed by atoms with Crippen molar-refractivity contribution in [1.82, 2.24) is 10.2 Å². The number of nitriles is 1. The molecule has 4 rings (SSSR count).